The zero-order valence-corrected chi connectivity index (χ0v) is 12.5. The summed E-state index contributed by atoms with van der Waals surface area (Å²) >= 11 is 6.17. The molecule has 5 heteroatoms. The number of hydrogen-bond donors (Lipinski definition) is 1. The minimum absolute atomic E-state index is 0.412. The molecule has 0 bridgehead atoms. The molecule has 1 aromatic rings. The number of methoxy groups -OCH3 is 2. The summed E-state index contributed by atoms with van der Waals surface area (Å²) < 4.78 is 10.5. The third-order valence-corrected chi connectivity index (χ3v) is 4.40. The minimum Gasteiger partial charge on any atom is -0.496 e. The molecule has 4 nitrogen and oxygen atoms in total. The monoisotopic (exact) mass is 298 g/mol. The standard InChI is InChI=1S/C15H19ClO4/c1-19-12-9-13(20-2)11(16)8-10(12)15(14(17)18)6-4-3-5-7-15/h8-9H,3-7H2,1-2H3,(H,17,18). The van der Waals surface area contributed by atoms with E-state index in [0.29, 0.717) is 34.9 Å². The van der Waals surface area contributed by atoms with Crippen LogP contribution in [0.3, 0.4) is 0 Å². The van der Waals surface area contributed by atoms with E-state index in [4.69, 9.17) is 21.1 Å². The fourth-order valence-electron chi connectivity index (χ4n) is 2.99. The lowest BCUT2D eigenvalue weighted by molar-refractivity contribution is -0.145. The molecule has 110 valence electrons. The lowest BCUT2D eigenvalue weighted by Gasteiger charge is -2.34. The quantitative estimate of drug-likeness (QED) is 0.922. The zero-order valence-electron chi connectivity index (χ0n) is 11.7. The van der Waals surface area contributed by atoms with Gasteiger partial charge in [-0.05, 0) is 18.9 Å². The second kappa shape index (κ2) is 5.92. The normalized spacial score (nSPS) is 17.6. The summed E-state index contributed by atoms with van der Waals surface area (Å²) in [5, 5.41) is 10.2. The maximum Gasteiger partial charge on any atom is 0.314 e. The number of aliphatic carboxylic acids is 1. The first kappa shape index (κ1) is 15.0. The van der Waals surface area contributed by atoms with Crippen LogP contribution >= 0.6 is 11.6 Å². The van der Waals surface area contributed by atoms with Crippen molar-refractivity contribution in [1.29, 1.82) is 0 Å². The van der Waals surface area contributed by atoms with Gasteiger partial charge in [-0.25, -0.2) is 0 Å². The van der Waals surface area contributed by atoms with Crippen LogP contribution < -0.4 is 9.47 Å². The summed E-state index contributed by atoms with van der Waals surface area (Å²) in [5.41, 5.74) is -0.252. The van der Waals surface area contributed by atoms with Gasteiger partial charge >= 0.3 is 5.97 Å². The Morgan fingerprint density at radius 1 is 1.15 bits per heavy atom. The van der Waals surface area contributed by atoms with Crippen LogP contribution in [0, 0.1) is 0 Å². The lowest BCUT2D eigenvalue weighted by atomic mass is 9.69. The average molecular weight is 299 g/mol. The summed E-state index contributed by atoms with van der Waals surface area (Å²) in [5.74, 6) is 0.205. The molecular weight excluding hydrogens is 280 g/mol. The van der Waals surface area contributed by atoms with Crippen molar-refractivity contribution >= 4 is 17.6 Å². The fraction of sp³-hybridized carbons (Fsp3) is 0.533. The van der Waals surface area contributed by atoms with E-state index in [1.54, 1.807) is 12.1 Å². The largest absolute Gasteiger partial charge is 0.496 e. The maximum absolute atomic E-state index is 11.9. The summed E-state index contributed by atoms with van der Waals surface area (Å²) in [6.07, 6.45) is 4.10. The van der Waals surface area contributed by atoms with Crippen LogP contribution in [0.5, 0.6) is 11.5 Å². The first-order valence-corrected chi connectivity index (χ1v) is 7.08. The van der Waals surface area contributed by atoms with Gasteiger partial charge in [-0.15, -0.1) is 0 Å². The van der Waals surface area contributed by atoms with Crippen LogP contribution in [0.15, 0.2) is 12.1 Å². The number of hydrogen-bond acceptors (Lipinski definition) is 3. The van der Waals surface area contributed by atoms with Crippen molar-refractivity contribution in [1.82, 2.24) is 0 Å². The Hall–Kier alpha value is -1.42. The Kier molecular flexibility index (Phi) is 4.43. The van der Waals surface area contributed by atoms with Crippen molar-refractivity contribution in [3.05, 3.63) is 22.7 Å². The Morgan fingerprint density at radius 2 is 1.75 bits per heavy atom. The van der Waals surface area contributed by atoms with Crippen molar-refractivity contribution in [3.8, 4) is 11.5 Å². The Labute approximate surface area is 123 Å². The van der Waals surface area contributed by atoms with Gasteiger partial charge in [0.1, 0.15) is 11.5 Å². The highest BCUT2D eigenvalue weighted by Crippen LogP contribution is 2.46. The van der Waals surface area contributed by atoms with Crippen molar-refractivity contribution in [2.24, 2.45) is 0 Å². The molecule has 1 aromatic carbocycles. The van der Waals surface area contributed by atoms with Gasteiger partial charge in [-0.2, -0.15) is 0 Å². The second-order valence-corrected chi connectivity index (χ2v) is 5.54. The molecule has 20 heavy (non-hydrogen) atoms. The number of rotatable bonds is 4. The van der Waals surface area contributed by atoms with E-state index in [-0.39, 0.29) is 0 Å². The number of carboxylic acids is 1. The first-order valence-electron chi connectivity index (χ1n) is 6.70. The molecule has 0 heterocycles. The highest BCUT2D eigenvalue weighted by Gasteiger charge is 2.43. The van der Waals surface area contributed by atoms with Crippen molar-refractivity contribution in [3.63, 3.8) is 0 Å². The highest BCUT2D eigenvalue weighted by atomic mass is 35.5. The molecule has 1 aliphatic rings. The van der Waals surface area contributed by atoms with Crippen LogP contribution in [0.25, 0.3) is 0 Å². The van der Waals surface area contributed by atoms with Crippen LogP contribution in [0.1, 0.15) is 37.7 Å². The molecular formula is C15H19ClO4. The van der Waals surface area contributed by atoms with Crippen LogP contribution in [0.4, 0.5) is 0 Å². The molecule has 0 spiro atoms. The van der Waals surface area contributed by atoms with E-state index >= 15 is 0 Å². The van der Waals surface area contributed by atoms with E-state index in [1.165, 1.54) is 14.2 Å². The second-order valence-electron chi connectivity index (χ2n) is 5.13. The van der Waals surface area contributed by atoms with Gasteiger partial charge in [0.25, 0.3) is 0 Å². The number of ether oxygens (including phenoxy) is 2. The van der Waals surface area contributed by atoms with Gasteiger partial charge in [0.15, 0.2) is 0 Å². The summed E-state index contributed by atoms with van der Waals surface area (Å²) in [6, 6.07) is 3.34. The van der Waals surface area contributed by atoms with E-state index in [1.807, 2.05) is 0 Å². The molecule has 1 aliphatic carbocycles. The molecule has 0 unspecified atom stereocenters. The van der Waals surface area contributed by atoms with Gasteiger partial charge in [0.2, 0.25) is 0 Å². The molecule has 0 aromatic heterocycles. The van der Waals surface area contributed by atoms with Crippen LogP contribution in [0.2, 0.25) is 5.02 Å². The van der Waals surface area contributed by atoms with Gasteiger partial charge in [-0.1, -0.05) is 30.9 Å². The number of benzene rings is 1. The van der Waals surface area contributed by atoms with E-state index < -0.39 is 11.4 Å². The lowest BCUT2D eigenvalue weighted by Crippen LogP contribution is -2.38. The smallest absolute Gasteiger partial charge is 0.314 e. The van der Waals surface area contributed by atoms with Crippen molar-refractivity contribution in [2.45, 2.75) is 37.5 Å². The van der Waals surface area contributed by atoms with Gasteiger partial charge in [0.05, 0.1) is 24.7 Å². The van der Waals surface area contributed by atoms with Crippen LogP contribution in [-0.4, -0.2) is 25.3 Å². The third-order valence-electron chi connectivity index (χ3n) is 4.11. The Bertz CT molecular complexity index is 507. The molecule has 0 radical (unpaired) electrons. The SMILES string of the molecule is COc1cc(OC)c(C2(C(=O)O)CCCCC2)cc1Cl. The minimum atomic E-state index is -0.903. The summed E-state index contributed by atoms with van der Waals surface area (Å²) in [4.78, 5) is 11.9. The van der Waals surface area contributed by atoms with Crippen molar-refractivity contribution in [2.75, 3.05) is 14.2 Å². The average Bonchev–Trinajstić information content (AvgIpc) is 2.47. The van der Waals surface area contributed by atoms with Gasteiger partial charge in [-0.3, -0.25) is 4.79 Å². The van der Waals surface area contributed by atoms with E-state index in [0.717, 1.165) is 19.3 Å². The van der Waals surface area contributed by atoms with Crippen molar-refractivity contribution < 1.29 is 19.4 Å². The van der Waals surface area contributed by atoms with E-state index in [9.17, 15) is 9.90 Å². The third kappa shape index (κ3) is 2.44. The predicted molar refractivity (Wildman–Crippen MR) is 77.0 cm³/mol. The molecule has 0 amide bonds. The van der Waals surface area contributed by atoms with Gasteiger partial charge in [0, 0.05) is 11.6 Å². The molecule has 2 rings (SSSR count). The number of halogens is 1. The Morgan fingerprint density at radius 3 is 2.25 bits per heavy atom. The molecule has 0 saturated heterocycles. The van der Waals surface area contributed by atoms with E-state index in [2.05, 4.69) is 0 Å². The molecule has 0 atom stereocenters. The predicted octanol–water partition coefficient (Wildman–Crippen LogP) is 3.64. The topological polar surface area (TPSA) is 55.8 Å². The van der Waals surface area contributed by atoms with Gasteiger partial charge < -0.3 is 14.6 Å². The highest BCUT2D eigenvalue weighted by molar-refractivity contribution is 6.32. The number of carbonyl (C=O) groups is 1. The summed E-state index contributed by atoms with van der Waals surface area (Å²) in [7, 11) is 3.05. The summed E-state index contributed by atoms with van der Waals surface area (Å²) in [6.45, 7) is 0. The fourth-order valence-corrected chi connectivity index (χ4v) is 3.23. The number of carboxylic acid groups (broad SMARTS) is 1. The maximum atomic E-state index is 11.9. The molecule has 1 N–H and O–H groups in total. The first-order chi connectivity index (χ1) is 9.55. The molecule has 1 saturated carbocycles. The molecule has 1 fully saturated rings. The van der Waals surface area contributed by atoms with Crippen LogP contribution in [-0.2, 0) is 10.2 Å². The molecule has 0 aliphatic heterocycles. The Balaban J connectivity index is 2.58. The zero-order chi connectivity index (χ0) is 14.8.